The third kappa shape index (κ3) is 2.90. The van der Waals surface area contributed by atoms with Gasteiger partial charge >= 0.3 is 0 Å². The molecule has 0 saturated heterocycles. The Kier molecular flexibility index (Phi) is 3.80. The lowest BCUT2D eigenvalue weighted by molar-refractivity contribution is 0.102. The Hall–Kier alpha value is -1.95. The smallest absolute Gasteiger partial charge is 0.258 e. The summed E-state index contributed by atoms with van der Waals surface area (Å²) in [4.78, 5) is 15.6. The molecule has 98 valence electrons. The van der Waals surface area contributed by atoms with Crippen LogP contribution in [-0.2, 0) is 0 Å². The summed E-state index contributed by atoms with van der Waals surface area (Å²) < 4.78 is 14.5. The molecule has 1 heterocycles. The van der Waals surface area contributed by atoms with Crippen LogP contribution in [0, 0.1) is 12.7 Å². The molecule has 0 fully saturated rings. The number of aromatic nitrogens is 1. The van der Waals surface area contributed by atoms with Crippen molar-refractivity contribution in [3.8, 4) is 0 Å². The van der Waals surface area contributed by atoms with Gasteiger partial charge in [-0.25, -0.2) is 9.37 Å². The minimum absolute atomic E-state index is 0.133. The zero-order valence-electron chi connectivity index (χ0n) is 10.1. The number of hydrogen-bond acceptors (Lipinski definition) is 3. The van der Waals surface area contributed by atoms with Gasteiger partial charge in [-0.2, -0.15) is 0 Å². The molecule has 0 saturated carbocycles. The van der Waals surface area contributed by atoms with Gasteiger partial charge in [-0.05, 0) is 30.7 Å². The van der Waals surface area contributed by atoms with Crippen LogP contribution in [0.2, 0.25) is 0 Å². The number of anilines is 2. The molecule has 3 N–H and O–H groups in total. The van der Waals surface area contributed by atoms with Crippen LogP contribution in [0.25, 0.3) is 0 Å². The maximum atomic E-state index is 13.7. The van der Waals surface area contributed by atoms with E-state index in [2.05, 4.69) is 26.2 Å². The molecule has 1 aromatic carbocycles. The molecule has 2 rings (SSSR count). The molecule has 0 bridgehead atoms. The van der Waals surface area contributed by atoms with E-state index in [0.29, 0.717) is 5.69 Å². The molecular weight excluding hydrogens is 313 g/mol. The fourth-order valence-electron chi connectivity index (χ4n) is 1.55. The number of hydrogen-bond donors (Lipinski definition) is 2. The molecule has 1 aromatic heterocycles. The monoisotopic (exact) mass is 323 g/mol. The van der Waals surface area contributed by atoms with E-state index in [-0.39, 0.29) is 11.4 Å². The van der Waals surface area contributed by atoms with Crippen LogP contribution in [0.3, 0.4) is 0 Å². The number of carbonyl (C=O) groups excluding carboxylic acids is 1. The maximum Gasteiger partial charge on any atom is 0.258 e. The van der Waals surface area contributed by atoms with Crippen molar-refractivity contribution in [3.05, 3.63) is 51.9 Å². The summed E-state index contributed by atoms with van der Waals surface area (Å²) in [7, 11) is 0. The van der Waals surface area contributed by atoms with Crippen molar-refractivity contribution in [3.63, 3.8) is 0 Å². The van der Waals surface area contributed by atoms with Gasteiger partial charge in [-0.15, -0.1) is 0 Å². The lowest BCUT2D eigenvalue weighted by atomic mass is 10.2. The van der Waals surface area contributed by atoms with Crippen LogP contribution in [0.5, 0.6) is 0 Å². The average Bonchev–Trinajstić information content (AvgIpc) is 2.37. The van der Waals surface area contributed by atoms with Crippen molar-refractivity contribution in [1.29, 1.82) is 0 Å². The fraction of sp³-hybridized carbons (Fsp3) is 0.0769. The van der Waals surface area contributed by atoms with E-state index in [1.165, 1.54) is 12.3 Å². The van der Waals surface area contributed by atoms with Crippen molar-refractivity contribution in [2.45, 2.75) is 6.92 Å². The highest BCUT2D eigenvalue weighted by molar-refractivity contribution is 9.10. The molecule has 0 unspecified atom stereocenters. The Balaban J connectivity index is 2.31. The normalized spacial score (nSPS) is 10.3. The number of nitrogens with one attached hydrogen (secondary N) is 1. The number of nitrogens with zero attached hydrogens (tertiary/aromatic N) is 1. The van der Waals surface area contributed by atoms with Crippen LogP contribution < -0.4 is 11.1 Å². The second-order valence-electron chi connectivity index (χ2n) is 3.97. The zero-order valence-corrected chi connectivity index (χ0v) is 11.7. The number of aryl methyl sites for hydroxylation is 1. The summed E-state index contributed by atoms with van der Waals surface area (Å²) in [5, 5.41) is 2.64. The molecule has 0 aliphatic carbocycles. The maximum absolute atomic E-state index is 13.7. The van der Waals surface area contributed by atoms with Gasteiger partial charge in [0.15, 0.2) is 11.6 Å². The summed E-state index contributed by atoms with van der Waals surface area (Å²) >= 11 is 3.31. The second-order valence-corrected chi connectivity index (χ2v) is 4.89. The van der Waals surface area contributed by atoms with E-state index < -0.39 is 11.7 Å². The lowest BCUT2D eigenvalue weighted by Crippen LogP contribution is -2.15. The van der Waals surface area contributed by atoms with Crippen LogP contribution in [0.4, 0.5) is 15.9 Å². The topological polar surface area (TPSA) is 68.0 Å². The summed E-state index contributed by atoms with van der Waals surface area (Å²) in [5.41, 5.74) is 6.68. The van der Waals surface area contributed by atoms with Crippen LogP contribution in [0.15, 0.2) is 34.9 Å². The van der Waals surface area contributed by atoms with Gasteiger partial charge in [0.05, 0.1) is 5.56 Å². The van der Waals surface area contributed by atoms with Crippen molar-refractivity contribution in [2.75, 3.05) is 11.1 Å². The average molecular weight is 324 g/mol. The predicted octanol–water partition coefficient (Wildman–Crippen LogP) is 3.13. The van der Waals surface area contributed by atoms with E-state index >= 15 is 0 Å². The van der Waals surface area contributed by atoms with Crippen molar-refractivity contribution < 1.29 is 9.18 Å². The number of halogens is 2. The Bertz CT molecular complexity index is 646. The van der Waals surface area contributed by atoms with Gasteiger partial charge in [-0.1, -0.05) is 22.0 Å². The number of benzene rings is 1. The van der Waals surface area contributed by atoms with Gasteiger partial charge in [0, 0.05) is 16.4 Å². The summed E-state index contributed by atoms with van der Waals surface area (Å²) in [6.45, 7) is 1.85. The summed E-state index contributed by atoms with van der Waals surface area (Å²) in [6.07, 6.45) is 1.29. The number of pyridine rings is 1. The van der Waals surface area contributed by atoms with Crippen molar-refractivity contribution >= 4 is 33.3 Å². The number of amides is 1. The molecule has 19 heavy (non-hydrogen) atoms. The van der Waals surface area contributed by atoms with Gasteiger partial charge in [0.2, 0.25) is 0 Å². The van der Waals surface area contributed by atoms with Crippen LogP contribution in [-0.4, -0.2) is 10.9 Å². The van der Waals surface area contributed by atoms with E-state index in [4.69, 9.17) is 5.73 Å². The largest absolute Gasteiger partial charge is 0.381 e. The highest BCUT2D eigenvalue weighted by Gasteiger charge is 2.15. The number of carbonyl (C=O) groups is 1. The Morgan fingerprint density at radius 2 is 2.16 bits per heavy atom. The SMILES string of the molecule is Cc1ccc(Br)cc1NC(=O)c1ccnc(N)c1F. The molecule has 6 heteroatoms. The standard InChI is InChI=1S/C13H11BrFN3O/c1-7-2-3-8(14)6-10(7)18-13(19)9-4-5-17-12(16)11(9)15/h2-6H,1H3,(H2,16,17)(H,18,19). The molecule has 4 nitrogen and oxygen atoms in total. The Labute approximate surface area is 118 Å². The van der Waals surface area contributed by atoms with Gasteiger partial charge in [0.25, 0.3) is 5.91 Å². The molecule has 2 aromatic rings. The van der Waals surface area contributed by atoms with E-state index in [0.717, 1.165) is 10.0 Å². The van der Waals surface area contributed by atoms with Crippen molar-refractivity contribution in [2.24, 2.45) is 0 Å². The highest BCUT2D eigenvalue weighted by atomic mass is 79.9. The van der Waals surface area contributed by atoms with E-state index in [1.807, 2.05) is 19.1 Å². The summed E-state index contributed by atoms with van der Waals surface area (Å²) in [5.74, 6) is -1.67. The first-order chi connectivity index (χ1) is 8.99. The third-order valence-corrected chi connectivity index (χ3v) is 3.10. The highest BCUT2D eigenvalue weighted by Crippen LogP contribution is 2.22. The van der Waals surface area contributed by atoms with Gasteiger partial charge < -0.3 is 11.1 Å². The minimum Gasteiger partial charge on any atom is -0.381 e. The summed E-state index contributed by atoms with van der Waals surface area (Å²) in [6, 6.07) is 6.73. The Morgan fingerprint density at radius 3 is 2.89 bits per heavy atom. The molecule has 0 spiro atoms. The van der Waals surface area contributed by atoms with E-state index in [1.54, 1.807) is 6.07 Å². The van der Waals surface area contributed by atoms with Gasteiger partial charge in [0.1, 0.15) is 0 Å². The molecule has 0 aliphatic heterocycles. The Morgan fingerprint density at radius 1 is 1.42 bits per heavy atom. The third-order valence-electron chi connectivity index (χ3n) is 2.61. The second kappa shape index (κ2) is 5.36. The number of rotatable bonds is 2. The first kappa shape index (κ1) is 13.5. The minimum atomic E-state index is -0.812. The molecule has 1 amide bonds. The van der Waals surface area contributed by atoms with Crippen molar-refractivity contribution in [1.82, 2.24) is 4.98 Å². The van der Waals surface area contributed by atoms with E-state index in [9.17, 15) is 9.18 Å². The lowest BCUT2D eigenvalue weighted by Gasteiger charge is -2.09. The fourth-order valence-corrected chi connectivity index (χ4v) is 1.91. The van der Waals surface area contributed by atoms with Gasteiger partial charge in [-0.3, -0.25) is 4.79 Å². The first-order valence-electron chi connectivity index (χ1n) is 5.46. The van der Waals surface area contributed by atoms with Crippen LogP contribution in [0.1, 0.15) is 15.9 Å². The molecule has 0 aliphatic rings. The molecular formula is C13H11BrFN3O. The zero-order chi connectivity index (χ0) is 14.0. The van der Waals surface area contributed by atoms with Crippen LogP contribution >= 0.6 is 15.9 Å². The predicted molar refractivity (Wildman–Crippen MR) is 75.4 cm³/mol. The number of nitrogen functional groups attached to an aromatic ring is 1. The molecule has 0 radical (unpaired) electrons. The number of nitrogens with two attached hydrogens (primary N) is 1. The first-order valence-corrected chi connectivity index (χ1v) is 6.26. The molecule has 0 atom stereocenters. The quantitative estimate of drug-likeness (QED) is 0.892.